The normalized spacial score (nSPS) is 15.2. The Morgan fingerprint density at radius 2 is 0.679 bits per heavy atom. The summed E-state index contributed by atoms with van der Waals surface area (Å²) in [5.74, 6) is -28.5. The topological polar surface area (TPSA) is 127 Å². The van der Waals surface area contributed by atoms with Gasteiger partial charge in [-0.25, -0.2) is 0 Å². The highest BCUT2D eigenvalue weighted by Crippen LogP contribution is 2.51. The molecular formula is C36H50Br2F30N6O7. The Kier molecular flexibility index (Phi) is 33.1. The molecule has 3 atom stereocenters. The molecular weight excluding hydrogens is 1360 g/mol. The van der Waals surface area contributed by atoms with Gasteiger partial charge < -0.3 is 68.5 Å². The van der Waals surface area contributed by atoms with Gasteiger partial charge in [0.25, 0.3) is 17.7 Å². The fourth-order valence-corrected chi connectivity index (χ4v) is 4.78. The molecule has 490 valence electrons. The SMILES string of the molecule is C.CN(C)CCCNC(=O)C(OC(F)(F)C(F)(F)C(F)(F)F)C(F)(F)F.C[N+](C)(CCCNC(=O)C(OC(F)(F)C(F)(F)C(F)(F)F)C(F)(F)F)CCOCC[N+](C)(C)CNC(=O)C(OC(F)(F)C(F)(F)C(F)(F)F)C(F)(F)F.[Br-].[Br-]. The van der Waals surface area contributed by atoms with Crippen LogP contribution in [0.25, 0.3) is 0 Å². The van der Waals surface area contributed by atoms with Gasteiger partial charge in [0, 0.05) is 19.5 Å². The van der Waals surface area contributed by atoms with Crippen molar-refractivity contribution in [1.82, 2.24) is 20.9 Å². The predicted molar refractivity (Wildman–Crippen MR) is 204 cm³/mol. The van der Waals surface area contributed by atoms with E-state index in [1.165, 1.54) is 44.1 Å². The number of nitrogens with zero attached hydrogens (tertiary/aromatic N) is 3. The molecule has 3 amide bonds. The average molecular weight is 1410 g/mol. The van der Waals surface area contributed by atoms with Crippen LogP contribution in [0.5, 0.6) is 0 Å². The number of amides is 3. The Bertz CT molecular complexity index is 1900. The number of quaternary nitrogens is 2. The minimum absolute atomic E-state index is 0. The van der Waals surface area contributed by atoms with Gasteiger partial charge in [-0.2, -0.15) is 132 Å². The molecule has 0 rings (SSSR count). The fourth-order valence-electron chi connectivity index (χ4n) is 4.78. The summed E-state index contributed by atoms with van der Waals surface area (Å²) in [6.07, 6.45) is -72.8. The summed E-state index contributed by atoms with van der Waals surface area (Å²) in [5.41, 5.74) is 0. The second-order valence-electron chi connectivity index (χ2n) is 17.3. The number of nitrogens with one attached hydrogen (secondary N) is 3. The van der Waals surface area contributed by atoms with Gasteiger partial charge in [-0.3, -0.25) is 28.6 Å². The lowest BCUT2D eigenvalue weighted by Gasteiger charge is -2.33. The lowest BCUT2D eigenvalue weighted by atomic mass is 10.2. The van der Waals surface area contributed by atoms with Crippen molar-refractivity contribution in [3.8, 4) is 0 Å². The molecule has 0 aliphatic carbocycles. The number of likely N-dealkylation sites (N-methyl/N-ethyl adjacent to an activating group) is 2. The zero-order valence-electron chi connectivity index (χ0n) is 40.8. The van der Waals surface area contributed by atoms with E-state index in [1.807, 2.05) is 0 Å². The third kappa shape index (κ3) is 26.8. The van der Waals surface area contributed by atoms with Crippen molar-refractivity contribution in [2.24, 2.45) is 0 Å². The first kappa shape index (κ1) is 86.8. The number of hydrogen-bond acceptors (Lipinski definition) is 8. The third-order valence-corrected chi connectivity index (χ3v) is 9.25. The maximum absolute atomic E-state index is 13.4. The van der Waals surface area contributed by atoms with Crippen LogP contribution in [0.1, 0.15) is 20.3 Å². The number of rotatable bonds is 28. The monoisotopic (exact) mass is 1410 g/mol. The van der Waals surface area contributed by atoms with E-state index in [0.717, 1.165) is 0 Å². The average Bonchev–Trinajstić information content (AvgIpc) is 3.20. The summed E-state index contributed by atoms with van der Waals surface area (Å²) < 4.78 is 394. The second-order valence-corrected chi connectivity index (χ2v) is 17.3. The molecule has 45 heteroatoms. The lowest BCUT2D eigenvalue weighted by Crippen LogP contribution is -3.00. The summed E-state index contributed by atoms with van der Waals surface area (Å²) in [6.45, 7) is -2.40. The van der Waals surface area contributed by atoms with Gasteiger partial charge in [-0.05, 0) is 27.1 Å². The second kappa shape index (κ2) is 30.9. The molecule has 0 aromatic rings. The molecule has 0 bridgehead atoms. The number of carbonyl (C=O) groups is 3. The number of ether oxygens (including phenoxy) is 4. The Balaban J connectivity index is -0.000000579. The molecule has 0 aliphatic rings. The van der Waals surface area contributed by atoms with Crippen LogP contribution >= 0.6 is 0 Å². The van der Waals surface area contributed by atoms with Crippen LogP contribution in [0.4, 0.5) is 132 Å². The van der Waals surface area contributed by atoms with E-state index in [1.54, 1.807) is 19.0 Å². The highest BCUT2D eigenvalue weighted by Gasteiger charge is 2.78. The van der Waals surface area contributed by atoms with Gasteiger partial charge in [-0.1, -0.05) is 7.43 Å². The summed E-state index contributed by atoms with van der Waals surface area (Å²) in [6, 6.07) is 0. The van der Waals surface area contributed by atoms with Crippen molar-refractivity contribution in [1.29, 1.82) is 0 Å². The molecule has 0 saturated carbocycles. The van der Waals surface area contributed by atoms with Gasteiger partial charge in [0.05, 0.1) is 47.9 Å². The number of alkyl halides is 30. The third-order valence-electron chi connectivity index (χ3n) is 9.25. The molecule has 0 radical (unpaired) electrons. The molecule has 0 saturated heterocycles. The quantitative estimate of drug-likeness (QED) is 0.0473. The van der Waals surface area contributed by atoms with E-state index in [-0.39, 0.29) is 98.1 Å². The standard InChI is InChI=1S/C24H30F20N4O5.C11H14F10N2O2.CH4.2BrH/c1-47(2,7-5-6-45-15(49)13(17(25,26)27)52-23(41,42)19(31,32)21(35,36)37)8-10-51-11-9-48(3,4)12-46-16(50)14(18(28,29)30)53-24(43,44)20(33,34)22(38,39)40;1-23(2)5-3-4-22-7(24)6(8(12,13)14)25-11(20,21)9(15,16)10(17,18)19;;;/h13-14H,5-12H2,1-4H3;6H,3-5H2,1-2H3,(H,22,24);1H4;2*1H. The maximum Gasteiger partial charge on any atom is 0.462 e. The fraction of sp³-hybridized carbons (Fsp3) is 0.917. The zero-order chi connectivity index (χ0) is 62.8. The summed E-state index contributed by atoms with van der Waals surface area (Å²) >= 11 is 0. The molecule has 3 N–H and O–H groups in total. The number of halogens is 32. The first-order chi connectivity index (χ1) is 34.1. The van der Waals surface area contributed by atoms with E-state index >= 15 is 0 Å². The minimum atomic E-state index is -7.12. The van der Waals surface area contributed by atoms with Crippen molar-refractivity contribution in [3.05, 3.63) is 0 Å². The van der Waals surface area contributed by atoms with Crippen LogP contribution in [0.3, 0.4) is 0 Å². The first-order valence-corrected chi connectivity index (χ1v) is 20.5. The van der Waals surface area contributed by atoms with E-state index < -0.39 is 133 Å². The van der Waals surface area contributed by atoms with Crippen LogP contribution in [0, 0.1) is 0 Å². The highest BCUT2D eigenvalue weighted by atomic mass is 79.9. The van der Waals surface area contributed by atoms with Crippen LogP contribution in [-0.2, 0) is 33.3 Å². The van der Waals surface area contributed by atoms with Crippen LogP contribution in [-0.4, -0.2) is 224 Å². The largest absolute Gasteiger partial charge is 1.00 e. The smallest absolute Gasteiger partial charge is 0.462 e. The molecule has 3 unspecified atom stereocenters. The molecule has 81 heavy (non-hydrogen) atoms. The van der Waals surface area contributed by atoms with E-state index in [0.29, 0.717) is 0 Å². The molecule has 0 fully saturated rings. The first-order valence-electron chi connectivity index (χ1n) is 20.5. The van der Waals surface area contributed by atoms with Crippen LogP contribution in [0.15, 0.2) is 0 Å². The summed E-state index contributed by atoms with van der Waals surface area (Å²) in [4.78, 5) is 36.5. The maximum atomic E-state index is 13.4. The van der Waals surface area contributed by atoms with Crippen molar-refractivity contribution in [3.63, 3.8) is 0 Å². The molecule has 0 spiro atoms. The molecule has 0 aromatic carbocycles. The number of carbonyl (C=O) groups excluding carboxylic acids is 3. The summed E-state index contributed by atoms with van der Waals surface area (Å²) in [7, 11) is 8.54. The van der Waals surface area contributed by atoms with Crippen molar-refractivity contribution in [2.75, 3.05) is 101 Å². The van der Waals surface area contributed by atoms with Crippen LogP contribution < -0.4 is 49.9 Å². The van der Waals surface area contributed by atoms with Gasteiger partial charge in [-0.15, -0.1) is 0 Å². The summed E-state index contributed by atoms with van der Waals surface area (Å²) in [5, 5.41) is 4.35. The van der Waals surface area contributed by atoms with Gasteiger partial charge >= 0.3 is 73.2 Å². The molecule has 13 nitrogen and oxygen atoms in total. The van der Waals surface area contributed by atoms with E-state index in [2.05, 4.69) is 14.2 Å². The Hall–Kier alpha value is -3.01. The van der Waals surface area contributed by atoms with Gasteiger partial charge in [0.15, 0.2) is 6.67 Å². The Labute approximate surface area is 459 Å². The number of hydrogen-bond donors (Lipinski definition) is 3. The van der Waals surface area contributed by atoms with E-state index in [4.69, 9.17) is 4.74 Å². The van der Waals surface area contributed by atoms with Crippen molar-refractivity contribution < 1.29 is 208 Å². The minimum Gasteiger partial charge on any atom is -1.00 e. The Morgan fingerprint density at radius 3 is 0.938 bits per heavy atom. The van der Waals surface area contributed by atoms with E-state index in [9.17, 15) is 146 Å². The van der Waals surface area contributed by atoms with Gasteiger partial charge in [0.1, 0.15) is 13.1 Å². The lowest BCUT2D eigenvalue weighted by molar-refractivity contribution is -0.895. The predicted octanol–water partition coefficient (Wildman–Crippen LogP) is 2.65. The zero-order valence-corrected chi connectivity index (χ0v) is 44.0. The molecule has 0 aromatic heterocycles. The Morgan fingerprint density at radius 1 is 0.420 bits per heavy atom. The van der Waals surface area contributed by atoms with Crippen molar-refractivity contribution >= 4 is 17.7 Å². The highest BCUT2D eigenvalue weighted by molar-refractivity contribution is 5.82. The van der Waals surface area contributed by atoms with Crippen LogP contribution in [0.2, 0.25) is 0 Å². The van der Waals surface area contributed by atoms with Gasteiger partial charge in [0.2, 0.25) is 18.3 Å². The molecule has 0 heterocycles. The molecule has 0 aliphatic heterocycles. The van der Waals surface area contributed by atoms with Crippen molar-refractivity contribution in [2.45, 2.75) is 112 Å².